The number of aromatic nitrogens is 3. The van der Waals surface area contributed by atoms with Crippen LogP contribution < -0.4 is 0 Å². The fraction of sp³-hybridized carbons (Fsp3) is 0.562. The van der Waals surface area contributed by atoms with Crippen LogP contribution in [-0.2, 0) is 22.8 Å². The van der Waals surface area contributed by atoms with Crippen LogP contribution in [0.3, 0.4) is 0 Å². The molecule has 25 heavy (non-hydrogen) atoms. The Balaban J connectivity index is 1.89. The number of hydrogen-bond donors (Lipinski definition) is 0. The quantitative estimate of drug-likeness (QED) is 0.789. The number of aryl methyl sites for hydroxylation is 2. The number of carbonyl (C=O) groups excluding carboxylic acids is 1. The zero-order chi connectivity index (χ0) is 18.0. The summed E-state index contributed by atoms with van der Waals surface area (Å²) in [6.45, 7) is 4.93. The second kappa shape index (κ2) is 7.25. The summed E-state index contributed by atoms with van der Waals surface area (Å²) in [6.07, 6.45) is 6.90. The van der Waals surface area contributed by atoms with Crippen LogP contribution >= 0.6 is 11.3 Å². The van der Waals surface area contributed by atoms with Gasteiger partial charge in [-0.15, -0.1) is 11.3 Å². The predicted molar refractivity (Wildman–Crippen MR) is 96.4 cm³/mol. The Kier molecular flexibility index (Phi) is 5.24. The molecule has 1 aliphatic rings. The lowest BCUT2D eigenvalue weighted by Gasteiger charge is -2.34. The number of nitrogens with zero attached hydrogens (tertiary/aromatic N) is 4. The summed E-state index contributed by atoms with van der Waals surface area (Å²) in [5.74, 6) is -0.212. The number of rotatable bonds is 5. The van der Waals surface area contributed by atoms with Crippen LogP contribution in [0.4, 0.5) is 0 Å². The Hall–Kier alpha value is -1.74. The van der Waals surface area contributed by atoms with Crippen molar-refractivity contribution in [1.29, 1.82) is 0 Å². The Bertz CT molecular complexity index is 856. The van der Waals surface area contributed by atoms with Crippen LogP contribution in [0, 0.1) is 0 Å². The molecule has 3 heterocycles. The van der Waals surface area contributed by atoms with Crippen molar-refractivity contribution in [2.24, 2.45) is 0 Å². The van der Waals surface area contributed by atoms with E-state index in [2.05, 4.69) is 17.0 Å². The molecule has 1 saturated heterocycles. The van der Waals surface area contributed by atoms with Gasteiger partial charge in [-0.3, -0.25) is 9.48 Å². The fourth-order valence-corrected chi connectivity index (χ4v) is 5.40. The zero-order valence-electron chi connectivity index (χ0n) is 14.4. The summed E-state index contributed by atoms with van der Waals surface area (Å²) < 4.78 is 26.0. The van der Waals surface area contributed by atoms with E-state index in [1.165, 1.54) is 11.3 Å². The molecule has 136 valence electrons. The van der Waals surface area contributed by atoms with Crippen LogP contribution in [0.5, 0.6) is 0 Å². The van der Waals surface area contributed by atoms with Gasteiger partial charge in [0.05, 0.1) is 34.9 Å². The molecule has 7 nitrogen and oxygen atoms in total. The summed E-state index contributed by atoms with van der Waals surface area (Å²) in [4.78, 5) is 19.5. The SMILES string of the molecule is CCCc1ncc(C(=O)N2CCS(=O)(=O)C[C@@H]2c2cnn(CC)c2)s1. The van der Waals surface area contributed by atoms with Gasteiger partial charge in [-0.2, -0.15) is 5.10 Å². The molecular weight excluding hydrogens is 360 g/mol. The highest BCUT2D eigenvalue weighted by molar-refractivity contribution is 7.91. The minimum Gasteiger partial charge on any atom is -0.329 e. The molecule has 0 aliphatic carbocycles. The van der Waals surface area contributed by atoms with Gasteiger partial charge in [-0.1, -0.05) is 6.92 Å². The largest absolute Gasteiger partial charge is 0.329 e. The van der Waals surface area contributed by atoms with Crippen molar-refractivity contribution in [1.82, 2.24) is 19.7 Å². The summed E-state index contributed by atoms with van der Waals surface area (Å²) in [7, 11) is -3.17. The molecule has 0 N–H and O–H groups in total. The van der Waals surface area contributed by atoms with E-state index in [4.69, 9.17) is 0 Å². The van der Waals surface area contributed by atoms with Crippen LogP contribution in [0.2, 0.25) is 0 Å². The van der Waals surface area contributed by atoms with E-state index in [9.17, 15) is 13.2 Å². The summed E-state index contributed by atoms with van der Waals surface area (Å²) in [6, 6.07) is -0.497. The fourth-order valence-electron chi connectivity index (χ4n) is 2.93. The first kappa shape index (κ1) is 18.1. The lowest BCUT2D eigenvalue weighted by atomic mass is 10.1. The van der Waals surface area contributed by atoms with Crippen LogP contribution in [-0.4, -0.2) is 52.0 Å². The van der Waals surface area contributed by atoms with Crippen LogP contribution in [0.25, 0.3) is 0 Å². The van der Waals surface area contributed by atoms with Gasteiger partial charge >= 0.3 is 0 Å². The van der Waals surface area contributed by atoms with E-state index in [0.29, 0.717) is 11.4 Å². The average molecular weight is 383 g/mol. The maximum atomic E-state index is 13.0. The van der Waals surface area contributed by atoms with Crippen LogP contribution in [0.15, 0.2) is 18.6 Å². The molecule has 9 heteroatoms. The van der Waals surface area contributed by atoms with E-state index in [1.54, 1.807) is 22.0 Å². The number of sulfone groups is 1. The molecule has 1 aliphatic heterocycles. The molecule has 0 aromatic carbocycles. The second-order valence-electron chi connectivity index (χ2n) is 6.13. The van der Waals surface area contributed by atoms with Crippen molar-refractivity contribution in [2.45, 2.75) is 39.3 Å². The first-order chi connectivity index (χ1) is 11.9. The lowest BCUT2D eigenvalue weighted by Crippen LogP contribution is -2.45. The van der Waals surface area contributed by atoms with E-state index in [1.807, 2.05) is 13.1 Å². The van der Waals surface area contributed by atoms with Gasteiger partial charge in [0.2, 0.25) is 0 Å². The number of carbonyl (C=O) groups is 1. The third-order valence-electron chi connectivity index (χ3n) is 4.28. The minimum atomic E-state index is -3.17. The average Bonchev–Trinajstić information content (AvgIpc) is 3.23. The van der Waals surface area contributed by atoms with E-state index < -0.39 is 15.9 Å². The van der Waals surface area contributed by atoms with Crippen molar-refractivity contribution < 1.29 is 13.2 Å². The standard InChI is InChI=1S/C16H22N4O3S2/c1-3-5-15-17-9-14(24-15)16(21)20-6-7-25(22,23)11-13(20)12-8-18-19(4-2)10-12/h8-10,13H,3-7,11H2,1-2H3/t13-/m1/s1. The molecule has 0 radical (unpaired) electrons. The number of thiazole rings is 1. The number of amides is 1. The van der Waals surface area contributed by atoms with Crippen LogP contribution in [0.1, 0.15) is 46.6 Å². The topological polar surface area (TPSA) is 85.2 Å². The molecule has 0 bridgehead atoms. The molecule has 0 unspecified atom stereocenters. The Morgan fingerprint density at radius 3 is 2.84 bits per heavy atom. The zero-order valence-corrected chi connectivity index (χ0v) is 16.0. The lowest BCUT2D eigenvalue weighted by molar-refractivity contribution is 0.0702. The highest BCUT2D eigenvalue weighted by Gasteiger charge is 2.36. The summed E-state index contributed by atoms with van der Waals surface area (Å²) in [5, 5.41) is 5.16. The van der Waals surface area contributed by atoms with E-state index in [0.717, 1.165) is 23.4 Å². The normalized spacial score (nSPS) is 19.9. The van der Waals surface area contributed by atoms with Gasteiger partial charge in [-0.25, -0.2) is 13.4 Å². The molecule has 1 fully saturated rings. The Morgan fingerprint density at radius 2 is 2.16 bits per heavy atom. The molecule has 0 spiro atoms. The van der Waals surface area contributed by atoms with Gasteiger partial charge in [-0.05, 0) is 19.8 Å². The predicted octanol–water partition coefficient (Wildman–Crippen LogP) is 1.92. The van der Waals surface area contributed by atoms with Crippen molar-refractivity contribution in [3.8, 4) is 0 Å². The molecular formula is C16H22N4O3S2. The molecule has 0 saturated carbocycles. The molecule has 1 amide bonds. The Labute approximate surface area is 151 Å². The summed E-state index contributed by atoms with van der Waals surface area (Å²) in [5.41, 5.74) is 0.761. The maximum Gasteiger partial charge on any atom is 0.266 e. The number of hydrogen-bond acceptors (Lipinski definition) is 6. The highest BCUT2D eigenvalue weighted by atomic mass is 32.2. The van der Waals surface area contributed by atoms with Gasteiger partial charge < -0.3 is 4.90 Å². The minimum absolute atomic E-state index is 0.00221. The van der Waals surface area contributed by atoms with Crippen molar-refractivity contribution in [2.75, 3.05) is 18.1 Å². The monoisotopic (exact) mass is 382 g/mol. The Morgan fingerprint density at radius 1 is 1.36 bits per heavy atom. The van der Waals surface area contributed by atoms with Gasteiger partial charge in [0.15, 0.2) is 9.84 Å². The highest BCUT2D eigenvalue weighted by Crippen LogP contribution is 2.29. The van der Waals surface area contributed by atoms with Crippen molar-refractivity contribution in [3.63, 3.8) is 0 Å². The van der Waals surface area contributed by atoms with Gasteiger partial charge in [0.1, 0.15) is 4.88 Å². The van der Waals surface area contributed by atoms with Gasteiger partial charge in [0.25, 0.3) is 5.91 Å². The summed E-state index contributed by atoms with van der Waals surface area (Å²) >= 11 is 1.39. The smallest absolute Gasteiger partial charge is 0.266 e. The van der Waals surface area contributed by atoms with E-state index >= 15 is 0 Å². The van der Waals surface area contributed by atoms with Gasteiger partial charge in [0, 0.05) is 24.8 Å². The molecule has 2 aromatic heterocycles. The molecule has 1 atom stereocenters. The third-order valence-corrected chi connectivity index (χ3v) is 6.96. The van der Waals surface area contributed by atoms with Crippen molar-refractivity contribution >= 4 is 27.1 Å². The first-order valence-electron chi connectivity index (χ1n) is 8.42. The second-order valence-corrected chi connectivity index (χ2v) is 9.47. The first-order valence-corrected chi connectivity index (χ1v) is 11.1. The van der Waals surface area contributed by atoms with Crippen molar-refractivity contribution in [3.05, 3.63) is 34.0 Å². The molecule has 3 rings (SSSR count). The third kappa shape index (κ3) is 3.92. The maximum absolute atomic E-state index is 13.0. The van der Waals surface area contributed by atoms with E-state index in [-0.39, 0.29) is 24.0 Å². The molecule has 2 aromatic rings.